The van der Waals surface area contributed by atoms with Crippen LogP contribution in [0.3, 0.4) is 0 Å². The van der Waals surface area contributed by atoms with Gasteiger partial charge in [0, 0.05) is 21.2 Å². The first-order chi connectivity index (χ1) is 16.1. The number of nitrogens with one attached hydrogen (secondary N) is 1. The molecule has 2 amide bonds. The summed E-state index contributed by atoms with van der Waals surface area (Å²) in [7, 11) is 0. The van der Waals surface area contributed by atoms with Crippen LogP contribution >= 0.6 is 22.9 Å². The van der Waals surface area contributed by atoms with Crippen LogP contribution in [0.5, 0.6) is 0 Å². The number of amides is 2. The Bertz CT molecular complexity index is 1240. The number of rotatable bonds is 4. The minimum atomic E-state index is -0.539. The summed E-state index contributed by atoms with van der Waals surface area (Å²) in [6, 6.07) is 28.3. The molecule has 164 valence electrons. The van der Waals surface area contributed by atoms with Crippen molar-refractivity contribution in [3.8, 4) is 0 Å². The maximum absolute atomic E-state index is 14.3. The minimum absolute atomic E-state index is 0.0517. The van der Waals surface area contributed by atoms with Gasteiger partial charge in [0.25, 0.3) is 0 Å². The zero-order valence-corrected chi connectivity index (χ0v) is 19.2. The molecule has 3 aromatic carbocycles. The molecule has 1 N–H and O–H groups in total. The molecule has 0 bridgehead atoms. The fraction of sp³-hybridized carbons (Fsp3) is 0.111. The first-order valence-corrected chi connectivity index (χ1v) is 11.9. The summed E-state index contributed by atoms with van der Waals surface area (Å²) in [5, 5.41) is 5.50. The summed E-state index contributed by atoms with van der Waals surface area (Å²) in [6.07, 6.45) is 0. The molecule has 6 heteroatoms. The third-order valence-corrected chi connectivity index (χ3v) is 6.98. The van der Waals surface area contributed by atoms with Gasteiger partial charge in [0.15, 0.2) is 0 Å². The largest absolute Gasteiger partial charge is 0.324 e. The lowest BCUT2D eigenvalue weighted by Crippen LogP contribution is -2.41. The lowest BCUT2D eigenvalue weighted by atomic mass is 9.89. The molecule has 2 heterocycles. The highest BCUT2D eigenvalue weighted by Crippen LogP contribution is 2.41. The number of carbonyl (C=O) groups is 2. The molecular weight excluding hydrogens is 452 g/mol. The molecule has 1 aliphatic rings. The van der Waals surface area contributed by atoms with Crippen LogP contribution < -0.4 is 5.32 Å². The van der Waals surface area contributed by atoms with E-state index in [4.69, 9.17) is 11.6 Å². The molecule has 1 aliphatic heterocycles. The van der Waals surface area contributed by atoms with Gasteiger partial charge in [-0.05, 0) is 40.8 Å². The van der Waals surface area contributed by atoms with Crippen molar-refractivity contribution < 1.29 is 9.59 Å². The molecule has 0 radical (unpaired) electrons. The zero-order valence-electron chi connectivity index (χ0n) is 17.6. The summed E-state index contributed by atoms with van der Waals surface area (Å²) < 4.78 is 0. The van der Waals surface area contributed by atoms with Gasteiger partial charge in [-0.2, -0.15) is 0 Å². The summed E-state index contributed by atoms with van der Waals surface area (Å²) in [5.74, 6) is -0.900. The van der Waals surface area contributed by atoms with Gasteiger partial charge in [-0.1, -0.05) is 78.3 Å². The van der Waals surface area contributed by atoms with Gasteiger partial charge in [-0.15, -0.1) is 11.3 Å². The van der Waals surface area contributed by atoms with Crippen LogP contribution in [0.1, 0.15) is 33.5 Å². The van der Waals surface area contributed by atoms with Crippen LogP contribution in [-0.4, -0.2) is 23.3 Å². The average Bonchev–Trinajstić information content (AvgIpc) is 3.31. The molecular formula is C27H21ClN2O2S. The molecule has 1 unspecified atom stereocenters. The van der Waals surface area contributed by atoms with Crippen molar-refractivity contribution in [3.63, 3.8) is 0 Å². The van der Waals surface area contributed by atoms with Crippen molar-refractivity contribution in [1.29, 1.82) is 0 Å². The number of hydrogen-bond donors (Lipinski definition) is 1. The summed E-state index contributed by atoms with van der Waals surface area (Å²) in [5.41, 5.74) is 3.25. The van der Waals surface area contributed by atoms with E-state index >= 15 is 0 Å². The molecule has 5 rings (SSSR count). The number of halogens is 1. The quantitative estimate of drug-likeness (QED) is 0.390. The average molecular weight is 473 g/mol. The van der Waals surface area contributed by atoms with Gasteiger partial charge in [0.05, 0.1) is 12.0 Å². The molecule has 33 heavy (non-hydrogen) atoms. The standard InChI is InChI=1S/C27H21ClN2O2S/c28-20-13-14-22-21(16-20)26(23-12-7-15-33-23)30(17-24(31)29-22)27(32)25(18-8-3-1-4-9-18)19-10-5-2-6-11-19/h1-16,25-26H,17H2,(H,29,31). The number of thiophene rings is 1. The number of anilines is 1. The molecule has 0 saturated heterocycles. The Kier molecular flexibility index (Phi) is 5.99. The zero-order chi connectivity index (χ0) is 22.8. The van der Waals surface area contributed by atoms with E-state index < -0.39 is 12.0 Å². The first-order valence-electron chi connectivity index (χ1n) is 10.6. The van der Waals surface area contributed by atoms with E-state index in [9.17, 15) is 9.59 Å². The van der Waals surface area contributed by atoms with E-state index in [2.05, 4.69) is 5.32 Å². The molecule has 0 spiro atoms. The summed E-state index contributed by atoms with van der Waals surface area (Å²) in [6.45, 7) is -0.0517. The fourth-order valence-electron chi connectivity index (χ4n) is 4.37. The molecule has 0 fully saturated rings. The Labute approximate surface area is 201 Å². The second-order valence-electron chi connectivity index (χ2n) is 7.92. The third-order valence-electron chi connectivity index (χ3n) is 5.82. The summed E-state index contributed by atoms with van der Waals surface area (Å²) in [4.78, 5) is 29.9. The van der Waals surface area contributed by atoms with Crippen molar-refractivity contribution in [1.82, 2.24) is 4.90 Å². The van der Waals surface area contributed by atoms with Gasteiger partial charge in [-0.25, -0.2) is 0 Å². The van der Waals surface area contributed by atoms with Crippen molar-refractivity contribution in [3.05, 3.63) is 123 Å². The van der Waals surface area contributed by atoms with Gasteiger partial charge >= 0.3 is 0 Å². The summed E-state index contributed by atoms with van der Waals surface area (Å²) >= 11 is 7.92. The van der Waals surface area contributed by atoms with Crippen molar-refractivity contribution in [2.75, 3.05) is 11.9 Å². The Morgan fingerprint density at radius 1 is 0.939 bits per heavy atom. The lowest BCUT2D eigenvalue weighted by Gasteiger charge is -2.33. The van der Waals surface area contributed by atoms with Gasteiger partial charge < -0.3 is 10.2 Å². The Morgan fingerprint density at radius 3 is 2.21 bits per heavy atom. The van der Waals surface area contributed by atoms with Gasteiger partial charge in [-0.3, -0.25) is 9.59 Å². The van der Waals surface area contributed by atoms with Crippen LogP contribution in [-0.2, 0) is 9.59 Å². The molecule has 4 nitrogen and oxygen atoms in total. The minimum Gasteiger partial charge on any atom is -0.324 e. The van der Waals surface area contributed by atoms with E-state index in [1.807, 2.05) is 84.2 Å². The number of carbonyl (C=O) groups excluding carboxylic acids is 2. The normalized spacial score (nSPS) is 15.6. The van der Waals surface area contributed by atoms with E-state index in [-0.39, 0.29) is 18.4 Å². The highest BCUT2D eigenvalue weighted by atomic mass is 35.5. The third kappa shape index (κ3) is 4.30. The fourth-order valence-corrected chi connectivity index (χ4v) is 5.41. The van der Waals surface area contributed by atoms with Crippen LogP contribution in [0, 0.1) is 0 Å². The SMILES string of the molecule is O=C1CN(C(=O)C(c2ccccc2)c2ccccc2)C(c2cccs2)c2cc(Cl)ccc2N1. The second kappa shape index (κ2) is 9.22. The Morgan fingerprint density at radius 2 is 1.61 bits per heavy atom. The molecule has 0 saturated carbocycles. The van der Waals surface area contributed by atoms with Crippen LogP contribution in [0.4, 0.5) is 5.69 Å². The molecule has 0 aliphatic carbocycles. The van der Waals surface area contributed by atoms with Crippen molar-refractivity contribution in [2.45, 2.75) is 12.0 Å². The Balaban J connectivity index is 1.67. The first kappa shape index (κ1) is 21.4. The molecule has 1 aromatic heterocycles. The maximum atomic E-state index is 14.3. The van der Waals surface area contributed by atoms with E-state index in [0.29, 0.717) is 10.7 Å². The Hall–Kier alpha value is -3.41. The highest BCUT2D eigenvalue weighted by molar-refractivity contribution is 7.10. The lowest BCUT2D eigenvalue weighted by molar-refractivity contribution is -0.136. The topological polar surface area (TPSA) is 49.4 Å². The van der Waals surface area contributed by atoms with Crippen LogP contribution in [0.25, 0.3) is 0 Å². The monoisotopic (exact) mass is 472 g/mol. The highest BCUT2D eigenvalue weighted by Gasteiger charge is 2.38. The van der Waals surface area contributed by atoms with Crippen LogP contribution in [0.15, 0.2) is 96.4 Å². The second-order valence-corrected chi connectivity index (χ2v) is 9.33. The molecule has 1 atom stereocenters. The van der Waals surface area contributed by atoms with E-state index in [1.165, 1.54) is 0 Å². The van der Waals surface area contributed by atoms with Gasteiger partial charge in [0.2, 0.25) is 11.8 Å². The van der Waals surface area contributed by atoms with Crippen LogP contribution in [0.2, 0.25) is 5.02 Å². The number of hydrogen-bond acceptors (Lipinski definition) is 3. The number of benzene rings is 3. The predicted molar refractivity (Wildman–Crippen MR) is 133 cm³/mol. The maximum Gasteiger partial charge on any atom is 0.244 e. The van der Waals surface area contributed by atoms with Crippen molar-refractivity contribution >= 4 is 40.4 Å². The smallest absolute Gasteiger partial charge is 0.244 e. The molecule has 4 aromatic rings. The van der Waals surface area contributed by atoms with Crippen molar-refractivity contribution in [2.24, 2.45) is 0 Å². The van der Waals surface area contributed by atoms with E-state index in [0.717, 1.165) is 21.6 Å². The number of fused-ring (bicyclic) bond motifs is 1. The number of nitrogens with zero attached hydrogens (tertiary/aromatic N) is 1. The predicted octanol–water partition coefficient (Wildman–Crippen LogP) is 6.10. The van der Waals surface area contributed by atoms with Gasteiger partial charge in [0.1, 0.15) is 6.54 Å². The van der Waals surface area contributed by atoms with E-state index in [1.54, 1.807) is 28.4 Å².